The fourth-order valence-corrected chi connectivity index (χ4v) is 4.48. The van der Waals surface area contributed by atoms with Crippen molar-refractivity contribution < 1.29 is 24.5 Å². The van der Waals surface area contributed by atoms with Gasteiger partial charge >= 0.3 is 11.9 Å². The largest absolute Gasteiger partial charge is 0.495 e. The van der Waals surface area contributed by atoms with Gasteiger partial charge in [-0.1, -0.05) is 36.4 Å². The fraction of sp³-hybridized carbons (Fsp3) is 0.207. The van der Waals surface area contributed by atoms with Gasteiger partial charge in [0.05, 0.1) is 18.3 Å². The average molecular weight is 515 g/mol. The molecule has 9 heteroatoms. The number of anilines is 1. The molecule has 0 amide bonds. The van der Waals surface area contributed by atoms with E-state index in [1.165, 1.54) is 22.2 Å². The van der Waals surface area contributed by atoms with Crippen LogP contribution in [0.25, 0.3) is 16.7 Å². The van der Waals surface area contributed by atoms with Gasteiger partial charge < -0.3 is 24.4 Å². The van der Waals surface area contributed by atoms with E-state index in [1.54, 1.807) is 7.11 Å². The molecule has 4 aromatic rings. The van der Waals surface area contributed by atoms with Crippen LogP contribution in [0.15, 0.2) is 91.3 Å². The summed E-state index contributed by atoms with van der Waals surface area (Å²) in [6, 6.07) is 22.9. The number of hydrogen-bond donors (Lipinski definition) is 2. The number of methoxy groups -OCH3 is 1. The molecule has 1 saturated heterocycles. The summed E-state index contributed by atoms with van der Waals surface area (Å²) >= 11 is 0. The minimum atomic E-state index is -1.26. The van der Waals surface area contributed by atoms with Crippen molar-refractivity contribution in [3.8, 4) is 11.6 Å². The fourth-order valence-electron chi connectivity index (χ4n) is 4.48. The quantitative estimate of drug-likeness (QED) is 0.356. The van der Waals surface area contributed by atoms with E-state index in [4.69, 9.17) is 14.9 Å². The lowest BCUT2D eigenvalue weighted by molar-refractivity contribution is -0.134. The molecule has 1 fully saturated rings. The van der Waals surface area contributed by atoms with Crippen molar-refractivity contribution in [3.63, 3.8) is 0 Å². The maximum Gasteiger partial charge on any atom is 0.328 e. The zero-order chi connectivity index (χ0) is 26.9. The maximum absolute atomic E-state index is 9.55. The maximum atomic E-state index is 9.55. The molecule has 0 radical (unpaired) electrons. The van der Waals surface area contributed by atoms with Gasteiger partial charge in [0.25, 0.3) is 0 Å². The Labute approximate surface area is 220 Å². The molecule has 9 nitrogen and oxygen atoms in total. The lowest BCUT2D eigenvalue weighted by Gasteiger charge is -2.36. The first-order valence-electron chi connectivity index (χ1n) is 12.2. The topological polar surface area (TPSA) is 108 Å². The number of ether oxygens (including phenoxy) is 1. The van der Waals surface area contributed by atoms with Crippen LogP contribution in [0.3, 0.4) is 0 Å². The highest BCUT2D eigenvalue weighted by molar-refractivity contribution is 5.89. The van der Waals surface area contributed by atoms with E-state index in [-0.39, 0.29) is 0 Å². The van der Waals surface area contributed by atoms with E-state index in [0.717, 1.165) is 44.3 Å². The van der Waals surface area contributed by atoms with Crippen molar-refractivity contribution in [1.29, 1.82) is 0 Å². The van der Waals surface area contributed by atoms with E-state index in [9.17, 15) is 9.59 Å². The molecule has 0 atom stereocenters. The molecule has 3 heterocycles. The third-order valence-electron chi connectivity index (χ3n) is 6.25. The number of carboxylic acid groups (broad SMARTS) is 2. The monoisotopic (exact) mass is 514 g/mol. The van der Waals surface area contributed by atoms with Crippen molar-refractivity contribution in [3.05, 3.63) is 96.8 Å². The Bertz CT molecular complexity index is 1390. The third-order valence-corrected chi connectivity index (χ3v) is 6.25. The van der Waals surface area contributed by atoms with E-state index in [2.05, 4.69) is 68.0 Å². The van der Waals surface area contributed by atoms with E-state index < -0.39 is 11.9 Å². The number of para-hydroxylation sites is 3. The van der Waals surface area contributed by atoms with Crippen molar-refractivity contribution >= 4 is 28.5 Å². The van der Waals surface area contributed by atoms with Crippen molar-refractivity contribution in [2.24, 2.45) is 0 Å². The molecule has 0 unspecified atom stereocenters. The molecular formula is C29H30N4O5. The van der Waals surface area contributed by atoms with Crippen LogP contribution in [0.5, 0.6) is 5.75 Å². The van der Waals surface area contributed by atoms with E-state index in [1.807, 2.05) is 30.5 Å². The van der Waals surface area contributed by atoms with Crippen LogP contribution in [-0.2, 0) is 16.1 Å². The van der Waals surface area contributed by atoms with Crippen molar-refractivity contribution in [2.75, 3.05) is 38.2 Å². The van der Waals surface area contributed by atoms with Crippen molar-refractivity contribution in [2.45, 2.75) is 6.54 Å². The third kappa shape index (κ3) is 6.57. The van der Waals surface area contributed by atoms with Crippen LogP contribution in [0.2, 0.25) is 0 Å². The highest BCUT2D eigenvalue weighted by Gasteiger charge is 2.21. The minimum Gasteiger partial charge on any atom is -0.495 e. The van der Waals surface area contributed by atoms with E-state index in [0.29, 0.717) is 12.2 Å². The number of carbonyl (C=O) groups is 2. The first kappa shape index (κ1) is 26.4. The van der Waals surface area contributed by atoms with Gasteiger partial charge in [-0.2, -0.15) is 0 Å². The number of carboxylic acids is 2. The zero-order valence-corrected chi connectivity index (χ0v) is 21.1. The smallest absolute Gasteiger partial charge is 0.328 e. The molecule has 1 aliphatic heterocycles. The molecule has 196 valence electrons. The van der Waals surface area contributed by atoms with Gasteiger partial charge in [-0.25, -0.2) is 14.6 Å². The van der Waals surface area contributed by atoms with Gasteiger partial charge in [0.2, 0.25) is 0 Å². The molecule has 2 aromatic heterocycles. The van der Waals surface area contributed by atoms with Crippen LogP contribution < -0.4 is 9.64 Å². The molecule has 2 N–H and O–H groups in total. The highest BCUT2D eigenvalue weighted by atomic mass is 16.5. The summed E-state index contributed by atoms with van der Waals surface area (Å²) in [4.78, 5) is 28.6. The Morgan fingerprint density at radius 3 is 2.21 bits per heavy atom. The number of fused-ring (bicyclic) bond motifs is 1. The van der Waals surface area contributed by atoms with Crippen LogP contribution in [0, 0.1) is 0 Å². The van der Waals surface area contributed by atoms with Crippen LogP contribution in [-0.4, -0.2) is 69.9 Å². The molecule has 0 aliphatic carbocycles. The normalized spacial score (nSPS) is 13.8. The standard InChI is InChI=1S/C25H26N4O.C4H4O4/c1-30-24-11-5-4-10-23(24)28-16-14-27(15-17-28)18-20-19-29(25-12-6-7-13-26-25)22-9-3-2-8-21(20)22;5-3(6)1-2-4(7)8/h2-13,19H,14-18H2,1H3;1-2H,(H,5,6)(H,7,8)/b;2-1+. The Hall–Kier alpha value is -4.63. The van der Waals surface area contributed by atoms with Gasteiger partial charge in [0, 0.05) is 62.7 Å². The summed E-state index contributed by atoms with van der Waals surface area (Å²) in [5, 5.41) is 16.9. The number of nitrogens with zero attached hydrogens (tertiary/aromatic N) is 4. The molecule has 0 spiro atoms. The molecule has 0 saturated carbocycles. The molecule has 1 aliphatic rings. The zero-order valence-electron chi connectivity index (χ0n) is 21.1. The predicted molar refractivity (Wildman–Crippen MR) is 146 cm³/mol. The Balaban J connectivity index is 0.000000368. The number of benzene rings is 2. The first-order chi connectivity index (χ1) is 18.5. The number of rotatable bonds is 7. The molecular weight excluding hydrogens is 484 g/mol. The summed E-state index contributed by atoms with van der Waals surface area (Å²) in [7, 11) is 1.74. The SMILES string of the molecule is COc1ccccc1N1CCN(Cc2cn(-c3ccccn3)c3ccccc23)CC1.O=C(O)/C=C/C(=O)O. The predicted octanol–water partition coefficient (Wildman–Crippen LogP) is 4.07. The Morgan fingerprint density at radius 1 is 0.895 bits per heavy atom. The molecule has 0 bridgehead atoms. The van der Waals surface area contributed by atoms with Gasteiger partial charge in [-0.3, -0.25) is 4.90 Å². The minimum absolute atomic E-state index is 0.558. The molecule has 5 rings (SSSR count). The summed E-state index contributed by atoms with van der Waals surface area (Å²) in [5.74, 6) is -0.606. The number of aromatic nitrogens is 2. The van der Waals surface area contributed by atoms with Crippen LogP contribution >= 0.6 is 0 Å². The van der Waals surface area contributed by atoms with Crippen molar-refractivity contribution in [1.82, 2.24) is 14.5 Å². The summed E-state index contributed by atoms with van der Waals surface area (Å²) in [6.45, 7) is 5.00. The van der Waals surface area contributed by atoms with E-state index >= 15 is 0 Å². The second kappa shape index (κ2) is 12.6. The number of pyridine rings is 1. The van der Waals surface area contributed by atoms with Gasteiger partial charge in [-0.15, -0.1) is 0 Å². The molecule has 38 heavy (non-hydrogen) atoms. The van der Waals surface area contributed by atoms with Crippen LogP contribution in [0.4, 0.5) is 5.69 Å². The number of aliphatic carboxylic acids is 2. The second-order valence-corrected chi connectivity index (χ2v) is 8.67. The Morgan fingerprint density at radius 2 is 1.55 bits per heavy atom. The lowest BCUT2D eigenvalue weighted by atomic mass is 10.1. The number of hydrogen-bond acceptors (Lipinski definition) is 6. The lowest BCUT2D eigenvalue weighted by Crippen LogP contribution is -2.46. The van der Waals surface area contributed by atoms with Gasteiger partial charge in [0.15, 0.2) is 0 Å². The Kier molecular flexibility index (Phi) is 8.73. The average Bonchev–Trinajstić information content (AvgIpc) is 3.31. The van der Waals surface area contributed by atoms with Gasteiger partial charge in [-0.05, 0) is 35.9 Å². The highest BCUT2D eigenvalue weighted by Crippen LogP contribution is 2.29. The second-order valence-electron chi connectivity index (χ2n) is 8.67. The molecule has 2 aromatic carbocycles. The summed E-state index contributed by atoms with van der Waals surface area (Å²) in [6.07, 6.45) is 5.21. The summed E-state index contributed by atoms with van der Waals surface area (Å²) < 4.78 is 7.75. The van der Waals surface area contributed by atoms with Crippen LogP contribution in [0.1, 0.15) is 5.56 Å². The number of piperazine rings is 1. The summed E-state index contributed by atoms with van der Waals surface area (Å²) in [5.41, 5.74) is 3.74. The van der Waals surface area contributed by atoms with Gasteiger partial charge in [0.1, 0.15) is 11.6 Å². The first-order valence-corrected chi connectivity index (χ1v) is 12.2.